The lowest BCUT2D eigenvalue weighted by Gasteiger charge is -2.25. The molecule has 0 spiro atoms. The standard InChI is InChI=1S/C18H31NO4/c1-15(2)23-14-17(20)13-19(10-5-11-21-3)12-16-6-8-18(22-4)9-7-16/h6-9,15,17,20H,5,10-14H2,1-4H3/t17-/m1/s1. The Balaban J connectivity index is 2.55. The molecule has 0 saturated carbocycles. The van der Waals surface area contributed by atoms with Gasteiger partial charge in [0.25, 0.3) is 0 Å². The molecule has 0 heterocycles. The Kier molecular flexibility index (Phi) is 9.87. The summed E-state index contributed by atoms with van der Waals surface area (Å²) in [5, 5.41) is 10.2. The summed E-state index contributed by atoms with van der Waals surface area (Å²) in [5.74, 6) is 0.852. The topological polar surface area (TPSA) is 51.2 Å². The lowest BCUT2D eigenvalue weighted by atomic mass is 10.2. The zero-order valence-electron chi connectivity index (χ0n) is 14.8. The van der Waals surface area contributed by atoms with Crippen LogP contribution in [0, 0.1) is 0 Å². The molecule has 0 amide bonds. The molecule has 1 aromatic rings. The summed E-state index contributed by atoms with van der Waals surface area (Å²) < 4.78 is 15.8. The van der Waals surface area contributed by atoms with Crippen molar-refractivity contribution in [3.8, 4) is 5.75 Å². The van der Waals surface area contributed by atoms with Crippen LogP contribution in [0.5, 0.6) is 5.75 Å². The molecule has 23 heavy (non-hydrogen) atoms. The molecule has 1 N–H and O–H groups in total. The molecule has 0 aliphatic carbocycles. The summed E-state index contributed by atoms with van der Waals surface area (Å²) in [6, 6.07) is 8.03. The van der Waals surface area contributed by atoms with Gasteiger partial charge in [0.15, 0.2) is 0 Å². The first-order valence-electron chi connectivity index (χ1n) is 8.19. The average molecular weight is 325 g/mol. The van der Waals surface area contributed by atoms with Gasteiger partial charge >= 0.3 is 0 Å². The highest BCUT2D eigenvalue weighted by Gasteiger charge is 2.13. The van der Waals surface area contributed by atoms with E-state index in [1.165, 1.54) is 5.56 Å². The molecule has 0 unspecified atom stereocenters. The number of aliphatic hydroxyl groups is 1. The molecule has 1 atom stereocenters. The molecule has 0 aliphatic rings. The minimum Gasteiger partial charge on any atom is -0.497 e. The van der Waals surface area contributed by atoms with Gasteiger partial charge in [-0.05, 0) is 38.0 Å². The zero-order chi connectivity index (χ0) is 17.1. The van der Waals surface area contributed by atoms with Crippen molar-refractivity contribution in [2.75, 3.05) is 40.5 Å². The van der Waals surface area contributed by atoms with E-state index in [0.29, 0.717) is 13.2 Å². The molecule has 0 aliphatic heterocycles. The van der Waals surface area contributed by atoms with Crippen LogP contribution >= 0.6 is 0 Å². The first-order chi connectivity index (χ1) is 11.0. The minimum absolute atomic E-state index is 0.133. The Bertz CT molecular complexity index is 408. The summed E-state index contributed by atoms with van der Waals surface area (Å²) in [4.78, 5) is 2.23. The highest BCUT2D eigenvalue weighted by atomic mass is 16.5. The Morgan fingerprint density at radius 1 is 1.13 bits per heavy atom. The highest BCUT2D eigenvalue weighted by Crippen LogP contribution is 2.13. The number of hydrogen-bond acceptors (Lipinski definition) is 5. The number of nitrogens with zero attached hydrogens (tertiary/aromatic N) is 1. The Labute approximate surface area is 140 Å². The zero-order valence-corrected chi connectivity index (χ0v) is 14.8. The number of rotatable bonds is 12. The van der Waals surface area contributed by atoms with Gasteiger partial charge < -0.3 is 19.3 Å². The molecule has 5 nitrogen and oxygen atoms in total. The molecule has 0 aromatic heterocycles. The largest absolute Gasteiger partial charge is 0.497 e. The van der Waals surface area contributed by atoms with Crippen LogP contribution in [0.4, 0.5) is 0 Å². The van der Waals surface area contributed by atoms with Crippen LogP contribution in [0.1, 0.15) is 25.8 Å². The number of hydrogen-bond donors (Lipinski definition) is 1. The van der Waals surface area contributed by atoms with Crippen molar-refractivity contribution in [2.45, 2.75) is 39.0 Å². The van der Waals surface area contributed by atoms with Crippen molar-refractivity contribution < 1.29 is 19.3 Å². The van der Waals surface area contributed by atoms with Crippen molar-refractivity contribution >= 4 is 0 Å². The maximum Gasteiger partial charge on any atom is 0.118 e. The van der Waals surface area contributed by atoms with Gasteiger partial charge in [0, 0.05) is 33.4 Å². The van der Waals surface area contributed by atoms with Crippen LogP contribution in [-0.4, -0.2) is 62.7 Å². The summed E-state index contributed by atoms with van der Waals surface area (Å²) in [6.45, 7) is 7.27. The van der Waals surface area contributed by atoms with Gasteiger partial charge in [-0.3, -0.25) is 4.90 Å². The molecule has 0 saturated heterocycles. The lowest BCUT2D eigenvalue weighted by Crippen LogP contribution is -2.36. The average Bonchev–Trinajstić information content (AvgIpc) is 2.54. The van der Waals surface area contributed by atoms with Crippen molar-refractivity contribution in [3.05, 3.63) is 29.8 Å². The summed E-state index contributed by atoms with van der Waals surface area (Å²) in [6.07, 6.45) is 0.580. The predicted molar refractivity (Wildman–Crippen MR) is 91.9 cm³/mol. The molecule has 1 aromatic carbocycles. The fraction of sp³-hybridized carbons (Fsp3) is 0.667. The van der Waals surface area contributed by atoms with E-state index in [2.05, 4.69) is 17.0 Å². The maximum atomic E-state index is 10.2. The van der Waals surface area contributed by atoms with Crippen LogP contribution in [0.3, 0.4) is 0 Å². The quantitative estimate of drug-likeness (QED) is 0.598. The van der Waals surface area contributed by atoms with Crippen LogP contribution in [0.25, 0.3) is 0 Å². The Hall–Kier alpha value is -1.14. The second-order valence-electron chi connectivity index (χ2n) is 5.97. The number of aliphatic hydroxyl groups excluding tert-OH is 1. The molecule has 0 fully saturated rings. The Morgan fingerprint density at radius 3 is 2.39 bits per heavy atom. The van der Waals surface area contributed by atoms with Crippen LogP contribution in [0.15, 0.2) is 24.3 Å². The van der Waals surface area contributed by atoms with Crippen molar-refractivity contribution in [3.63, 3.8) is 0 Å². The van der Waals surface area contributed by atoms with Crippen LogP contribution in [-0.2, 0) is 16.0 Å². The van der Waals surface area contributed by atoms with E-state index in [9.17, 15) is 5.11 Å². The second-order valence-corrected chi connectivity index (χ2v) is 5.97. The molecular formula is C18H31NO4. The highest BCUT2D eigenvalue weighted by molar-refractivity contribution is 5.27. The van der Waals surface area contributed by atoms with Gasteiger partial charge in [0.1, 0.15) is 5.75 Å². The monoisotopic (exact) mass is 325 g/mol. The number of ether oxygens (including phenoxy) is 3. The third-order valence-corrected chi connectivity index (χ3v) is 3.48. The maximum absolute atomic E-state index is 10.2. The SMILES string of the molecule is COCCCN(Cc1ccc(OC)cc1)C[C@@H](O)COC(C)C. The summed E-state index contributed by atoms with van der Waals surface area (Å²) in [5.41, 5.74) is 1.19. The molecular weight excluding hydrogens is 294 g/mol. The Morgan fingerprint density at radius 2 is 1.83 bits per heavy atom. The van der Waals surface area contributed by atoms with E-state index in [1.807, 2.05) is 26.0 Å². The third-order valence-electron chi connectivity index (χ3n) is 3.48. The van der Waals surface area contributed by atoms with E-state index >= 15 is 0 Å². The van der Waals surface area contributed by atoms with Gasteiger partial charge in [-0.25, -0.2) is 0 Å². The third kappa shape index (κ3) is 8.91. The fourth-order valence-electron chi connectivity index (χ4n) is 2.31. The summed E-state index contributed by atoms with van der Waals surface area (Å²) >= 11 is 0. The van der Waals surface area contributed by atoms with Crippen molar-refractivity contribution in [1.29, 1.82) is 0 Å². The lowest BCUT2D eigenvalue weighted by molar-refractivity contribution is -0.0103. The van der Waals surface area contributed by atoms with E-state index in [-0.39, 0.29) is 6.10 Å². The van der Waals surface area contributed by atoms with Crippen molar-refractivity contribution in [1.82, 2.24) is 4.90 Å². The van der Waals surface area contributed by atoms with Crippen LogP contribution < -0.4 is 4.74 Å². The first kappa shape index (κ1) is 19.9. The van der Waals surface area contributed by atoms with E-state index < -0.39 is 6.10 Å². The predicted octanol–water partition coefficient (Wildman–Crippen LogP) is 2.32. The summed E-state index contributed by atoms with van der Waals surface area (Å²) in [7, 11) is 3.37. The van der Waals surface area contributed by atoms with E-state index in [4.69, 9.17) is 14.2 Å². The van der Waals surface area contributed by atoms with E-state index in [0.717, 1.165) is 31.9 Å². The number of benzene rings is 1. The molecule has 0 radical (unpaired) electrons. The fourth-order valence-corrected chi connectivity index (χ4v) is 2.31. The van der Waals surface area contributed by atoms with Gasteiger partial charge in [-0.1, -0.05) is 12.1 Å². The van der Waals surface area contributed by atoms with Crippen molar-refractivity contribution in [2.24, 2.45) is 0 Å². The van der Waals surface area contributed by atoms with Crippen LogP contribution in [0.2, 0.25) is 0 Å². The minimum atomic E-state index is -0.488. The molecule has 5 heteroatoms. The number of methoxy groups -OCH3 is 2. The first-order valence-corrected chi connectivity index (χ1v) is 8.19. The molecule has 1 rings (SSSR count). The van der Waals surface area contributed by atoms with Gasteiger partial charge in [-0.2, -0.15) is 0 Å². The van der Waals surface area contributed by atoms with Gasteiger partial charge in [0.05, 0.1) is 25.9 Å². The molecule has 132 valence electrons. The second kappa shape index (κ2) is 11.4. The van der Waals surface area contributed by atoms with Gasteiger partial charge in [-0.15, -0.1) is 0 Å². The molecule has 0 bridgehead atoms. The normalized spacial score (nSPS) is 12.8. The van der Waals surface area contributed by atoms with E-state index in [1.54, 1.807) is 14.2 Å². The van der Waals surface area contributed by atoms with Gasteiger partial charge in [0.2, 0.25) is 0 Å². The smallest absolute Gasteiger partial charge is 0.118 e.